The van der Waals surface area contributed by atoms with Crippen LogP contribution >= 0.6 is 15.9 Å². The number of nitrogens with zero attached hydrogens (tertiary/aromatic N) is 3. The van der Waals surface area contributed by atoms with Gasteiger partial charge in [0, 0.05) is 23.7 Å². The van der Waals surface area contributed by atoms with Crippen LogP contribution < -0.4 is 0 Å². The van der Waals surface area contributed by atoms with Crippen LogP contribution in [-0.2, 0) is 11.2 Å². The molecule has 4 nitrogen and oxygen atoms in total. The molecule has 0 saturated carbocycles. The van der Waals surface area contributed by atoms with Crippen molar-refractivity contribution < 1.29 is 4.74 Å². The SMILES string of the molecule is Brc1ccc2nnc(CC3CCCCO3)n2c1. The van der Waals surface area contributed by atoms with Crippen LogP contribution in [0.3, 0.4) is 0 Å². The van der Waals surface area contributed by atoms with Crippen molar-refractivity contribution >= 4 is 21.6 Å². The van der Waals surface area contributed by atoms with Gasteiger partial charge in [-0.3, -0.25) is 4.40 Å². The maximum Gasteiger partial charge on any atom is 0.160 e. The van der Waals surface area contributed by atoms with Crippen molar-refractivity contribution in [3.05, 3.63) is 28.6 Å². The van der Waals surface area contributed by atoms with Gasteiger partial charge in [-0.2, -0.15) is 0 Å². The zero-order valence-corrected chi connectivity index (χ0v) is 11.1. The molecule has 1 atom stereocenters. The molecule has 1 unspecified atom stereocenters. The molecule has 5 heteroatoms. The van der Waals surface area contributed by atoms with Crippen molar-refractivity contribution in [2.45, 2.75) is 31.8 Å². The second kappa shape index (κ2) is 4.74. The maximum atomic E-state index is 5.74. The van der Waals surface area contributed by atoms with E-state index in [2.05, 4.69) is 26.1 Å². The molecular weight excluding hydrogens is 282 g/mol. The Morgan fingerprint density at radius 3 is 3.12 bits per heavy atom. The Labute approximate surface area is 108 Å². The largest absolute Gasteiger partial charge is 0.378 e. The van der Waals surface area contributed by atoms with Crippen molar-refractivity contribution in [3.63, 3.8) is 0 Å². The monoisotopic (exact) mass is 295 g/mol. The highest BCUT2D eigenvalue weighted by Crippen LogP contribution is 2.18. The van der Waals surface area contributed by atoms with Crippen LogP contribution in [0, 0.1) is 0 Å². The third-order valence-corrected chi connectivity index (χ3v) is 3.59. The number of pyridine rings is 1. The third kappa shape index (κ3) is 2.35. The van der Waals surface area contributed by atoms with Crippen molar-refractivity contribution in [2.75, 3.05) is 6.61 Å². The predicted octanol–water partition coefficient (Wildman–Crippen LogP) is 2.60. The first kappa shape index (κ1) is 11.2. The first-order valence-corrected chi connectivity index (χ1v) is 6.73. The van der Waals surface area contributed by atoms with Crippen LogP contribution in [0.2, 0.25) is 0 Å². The van der Waals surface area contributed by atoms with Crippen LogP contribution in [-0.4, -0.2) is 27.3 Å². The minimum Gasteiger partial charge on any atom is -0.378 e. The van der Waals surface area contributed by atoms with E-state index in [0.29, 0.717) is 6.10 Å². The highest BCUT2D eigenvalue weighted by atomic mass is 79.9. The van der Waals surface area contributed by atoms with E-state index in [1.54, 1.807) is 0 Å². The second-order valence-corrected chi connectivity index (χ2v) is 5.30. The summed E-state index contributed by atoms with van der Waals surface area (Å²) in [5.41, 5.74) is 0.888. The summed E-state index contributed by atoms with van der Waals surface area (Å²) in [6.07, 6.45) is 6.72. The van der Waals surface area contributed by atoms with E-state index in [4.69, 9.17) is 4.74 Å². The molecule has 90 valence electrons. The minimum atomic E-state index is 0.301. The summed E-state index contributed by atoms with van der Waals surface area (Å²) in [4.78, 5) is 0. The van der Waals surface area contributed by atoms with Crippen LogP contribution in [0.1, 0.15) is 25.1 Å². The number of aromatic nitrogens is 3. The minimum absolute atomic E-state index is 0.301. The highest BCUT2D eigenvalue weighted by Gasteiger charge is 2.17. The Morgan fingerprint density at radius 2 is 2.29 bits per heavy atom. The molecule has 3 rings (SSSR count). The average molecular weight is 296 g/mol. The quantitative estimate of drug-likeness (QED) is 0.855. The molecule has 0 bridgehead atoms. The molecule has 2 aromatic rings. The summed E-state index contributed by atoms with van der Waals surface area (Å²) >= 11 is 3.47. The van der Waals surface area contributed by atoms with Gasteiger partial charge in [-0.1, -0.05) is 0 Å². The van der Waals surface area contributed by atoms with Gasteiger partial charge in [0.05, 0.1) is 6.10 Å². The Hall–Kier alpha value is -0.940. The number of fused-ring (bicyclic) bond motifs is 1. The molecule has 0 aromatic carbocycles. The standard InChI is InChI=1S/C12H14BrN3O/c13-9-4-5-11-14-15-12(16(11)8-9)7-10-3-1-2-6-17-10/h4-5,8,10H,1-3,6-7H2. The van der Waals surface area contributed by atoms with E-state index in [-0.39, 0.29) is 0 Å². The first-order valence-electron chi connectivity index (χ1n) is 5.94. The van der Waals surface area contributed by atoms with E-state index in [0.717, 1.165) is 35.4 Å². The molecule has 1 aliphatic rings. The predicted molar refractivity (Wildman–Crippen MR) is 68.0 cm³/mol. The van der Waals surface area contributed by atoms with Gasteiger partial charge in [0.15, 0.2) is 5.65 Å². The van der Waals surface area contributed by atoms with Gasteiger partial charge in [-0.15, -0.1) is 10.2 Å². The third-order valence-electron chi connectivity index (χ3n) is 3.12. The number of halogens is 1. The van der Waals surface area contributed by atoms with Crippen LogP contribution in [0.5, 0.6) is 0 Å². The lowest BCUT2D eigenvalue weighted by atomic mass is 10.1. The molecule has 17 heavy (non-hydrogen) atoms. The molecule has 1 fully saturated rings. The fourth-order valence-corrected chi connectivity index (χ4v) is 2.56. The van der Waals surface area contributed by atoms with Crippen LogP contribution in [0.25, 0.3) is 5.65 Å². The molecule has 0 amide bonds. The lowest BCUT2D eigenvalue weighted by molar-refractivity contribution is 0.0155. The maximum absolute atomic E-state index is 5.74. The summed E-state index contributed by atoms with van der Waals surface area (Å²) < 4.78 is 8.80. The van der Waals surface area contributed by atoms with E-state index >= 15 is 0 Å². The number of rotatable bonds is 2. The van der Waals surface area contributed by atoms with Gasteiger partial charge in [0.1, 0.15) is 5.82 Å². The van der Waals surface area contributed by atoms with E-state index < -0.39 is 0 Å². The number of hydrogen-bond acceptors (Lipinski definition) is 3. The van der Waals surface area contributed by atoms with E-state index in [1.165, 1.54) is 12.8 Å². The van der Waals surface area contributed by atoms with Gasteiger partial charge in [-0.25, -0.2) is 0 Å². The van der Waals surface area contributed by atoms with Gasteiger partial charge in [-0.05, 0) is 47.3 Å². The summed E-state index contributed by atoms with van der Waals surface area (Å²) in [6, 6.07) is 3.94. The second-order valence-electron chi connectivity index (χ2n) is 4.38. The fourth-order valence-electron chi connectivity index (χ4n) is 2.22. The Balaban J connectivity index is 1.86. The molecule has 0 spiro atoms. The van der Waals surface area contributed by atoms with Gasteiger partial charge >= 0.3 is 0 Å². The summed E-state index contributed by atoms with van der Waals surface area (Å²) in [6.45, 7) is 0.880. The normalized spacial score (nSPS) is 20.9. The molecular formula is C12H14BrN3O. The fraction of sp³-hybridized carbons (Fsp3) is 0.500. The topological polar surface area (TPSA) is 39.4 Å². The first-order chi connectivity index (χ1) is 8.33. The lowest BCUT2D eigenvalue weighted by Gasteiger charge is -2.21. The number of hydrogen-bond donors (Lipinski definition) is 0. The van der Waals surface area contributed by atoms with Crippen molar-refractivity contribution in [2.24, 2.45) is 0 Å². The van der Waals surface area contributed by atoms with E-state index in [9.17, 15) is 0 Å². The van der Waals surface area contributed by atoms with Gasteiger partial charge in [0.25, 0.3) is 0 Å². The van der Waals surface area contributed by atoms with Crippen LogP contribution in [0.4, 0.5) is 0 Å². The summed E-state index contributed by atoms with van der Waals surface area (Å²) in [7, 11) is 0. The van der Waals surface area contributed by atoms with Crippen molar-refractivity contribution in [1.82, 2.24) is 14.6 Å². The zero-order chi connectivity index (χ0) is 11.7. The summed E-state index contributed by atoms with van der Waals surface area (Å²) in [5, 5.41) is 8.40. The molecule has 1 aliphatic heterocycles. The summed E-state index contributed by atoms with van der Waals surface area (Å²) in [5.74, 6) is 0.980. The Kier molecular flexibility index (Phi) is 3.11. The molecule has 2 aromatic heterocycles. The molecule has 0 aliphatic carbocycles. The number of ether oxygens (including phenoxy) is 1. The zero-order valence-electron chi connectivity index (χ0n) is 9.47. The lowest BCUT2D eigenvalue weighted by Crippen LogP contribution is -2.22. The Morgan fingerprint density at radius 1 is 1.35 bits per heavy atom. The van der Waals surface area contributed by atoms with Gasteiger partial charge in [0.2, 0.25) is 0 Å². The highest BCUT2D eigenvalue weighted by molar-refractivity contribution is 9.10. The molecule has 1 saturated heterocycles. The van der Waals surface area contributed by atoms with E-state index in [1.807, 2.05) is 22.7 Å². The van der Waals surface area contributed by atoms with Crippen molar-refractivity contribution in [1.29, 1.82) is 0 Å². The molecule has 3 heterocycles. The molecule has 0 radical (unpaired) electrons. The smallest absolute Gasteiger partial charge is 0.160 e. The van der Waals surface area contributed by atoms with Crippen LogP contribution in [0.15, 0.2) is 22.8 Å². The van der Waals surface area contributed by atoms with Gasteiger partial charge < -0.3 is 4.74 Å². The average Bonchev–Trinajstić information content (AvgIpc) is 2.73. The molecule has 0 N–H and O–H groups in total. The Bertz CT molecular complexity index is 519. The van der Waals surface area contributed by atoms with Crippen molar-refractivity contribution in [3.8, 4) is 0 Å².